The van der Waals surface area contributed by atoms with E-state index >= 15 is 0 Å². The Labute approximate surface area is 119 Å². The summed E-state index contributed by atoms with van der Waals surface area (Å²) in [4.78, 5) is 20.4. The molecule has 0 aliphatic rings. The van der Waals surface area contributed by atoms with Gasteiger partial charge in [-0.2, -0.15) is 0 Å². The molecule has 0 fully saturated rings. The molecule has 1 N–H and O–H groups in total. The van der Waals surface area contributed by atoms with E-state index in [1.807, 2.05) is 37.3 Å². The van der Waals surface area contributed by atoms with E-state index in [1.165, 1.54) is 11.3 Å². The molecule has 2 heterocycles. The van der Waals surface area contributed by atoms with E-state index in [9.17, 15) is 4.79 Å². The summed E-state index contributed by atoms with van der Waals surface area (Å²) in [5, 5.41) is 10.8. The minimum atomic E-state index is -0.828. The second-order valence-electron chi connectivity index (χ2n) is 4.51. The molecule has 4 nitrogen and oxygen atoms in total. The minimum Gasteiger partial charge on any atom is -0.481 e. The molecule has 0 radical (unpaired) electrons. The van der Waals surface area contributed by atoms with Crippen LogP contribution in [0.5, 0.6) is 0 Å². The maximum atomic E-state index is 10.8. The lowest BCUT2D eigenvalue weighted by Crippen LogP contribution is -1.99. The van der Waals surface area contributed by atoms with Crippen molar-refractivity contribution < 1.29 is 9.90 Å². The topological polar surface area (TPSA) is 63.1 Å². The number of thiazole rings is 1. The quantitative estimate of drug-likeness (QED) is 0.801. The standard InChI is InChI=1S/C15H12N2O2S/c1-9-13(8-14(18)19)20-15(17-9)11-4-5-12-10(7-11)3-2-6-16-12/h2-7H,8H2,1H3,(H,18,19). The summed E-state index contributed by atoms with van der Waals surface area (Å²) in [5.74, 6) is -0.828. The molecule has 0 saturated carbocycles. The van der Waals surface area contributed by atoms with Crippen molar-refractivity contribution in [2.45, 2.75) is 13.3 Å². The number of pyridine rings is 1. The number of benzene rings is 1. The fraction of sp³-hybridized carbons (Fsp3) is 0.133. The van der Waals surface area contributed by atoms with Crippen molar-refractivity contribution in [3.05, 3.63) is 47.1 Å². The van der Waals surface area contributed by atoms with Crippen LogP contribution in [0.2, 0.25) is 0 Å². The molecule has 0 saturated heterocycles. The summed E-state index contributed by atoms with van der Waals surface area (Å²) >= 11 is 1.44. The number of hydrogen-bond acceptors (Lipinski definition) is 4. The van der Waals surface area contributed by atoms with Crippen molar-refractivity contribution in [3.63, 3.8) is 0 Å². The monoisotopic (exact) mass is 284 g/mol. The average molecular weight is 284 g/mol. The zero-order valence-electron chi connectivity index (χ0n) is 10.8. The lowest BCUT2D eigenvalue weighted by atomic mass is 10.1. The van der Waals surface area contributed by atoms with Crippen LogP contribution < -0.4 is 0 Å². The molecule has 2 aromatic heterocycles. The van der Waals surface area contributed by atoms with Gasteiger partial charge in [0.05, 0.1) is 17.6 Å². The van der Waals surface area contributed by atoms with E-state index in [0.29, 0.717) is 0 Å². The van der Waals surface area contributed by atoms with Gasteiger partial charge in [-0.05, 0) is 31.2 Å². The van der Waals surface area contributed by atoms with E-state index in [0.717, 1.165) is 32.0 Å². The Balaban J connectivity index is 2.04. The molecular weight excluding hydrogens is 272 g/mol. The molecule has 0 atom stereocenters. The molecule has 0 unspecified atom stereocenters. The molecule has 0 amide bonds. The third-order valence-corrected chi connectivity index (χ3v) is 4.26. The summed E-state index contributed by atoms with van der Waals surface area (Å²) in [6, 6.07) is 9.86. The molecule has 5 heteroatoms. The molecule has 0 bridgehead atoms. The zero-order valence-corrected chi connectivity index (χ0v) is 11.6. The van der Waals surface area contributed by atoms with Gasteiger partial charge in [-0.3, -0.25) is 9.78 Å². The van der Waals surface area contributed by atoms with Gasteiger partial charge in [-0.1, -0.05) is 6.07 Å². The second-order valence-corrected chi connectivity index (χ2v) is 5.59. The Morgan fingerprint density at radius 3 is 3.00 bits per heavy atom. The molecule has 100 valence electrons. The van der Waals surface area contributed by atoms with Crippen LogP contribution in [0.3, 0.4) is 0 Å². The van der Waals surface area contributed by atoms with Crippen molar-refractivity contribution in [1.29, 1.82) is 0 Å². The maximum absolute atomic E-state index is 10.8. The van der Waals surface area contributed by atoms with Crippen LogP contribution in [-0.2, 0) is 11.2 Å². The van der Waals surface area contributed by atoms with Crippen molar-refractivity contribution in [3.8, 4) is 10.6 Å². The normalized spacial score (nSPS) is 10.8. The van der Waals surface area contributed by atoms with Crippen molar-refractivity contribution in [2.75, 3.05) is 0 Å². The average Bonchev–Trinajstić information content (AvgIpc) is 2.79. The van der Waals surface area contributed by atoms with Gasteiger partial charge in [-0.15, -0.1) is 11.3 Å². The van der Waals surface area contributed by atoms with Crippen LogP contribution in [-0.4, -0.2) is 21.0 Å². The summed E-state index contributed by atoms with van der Waals surface area (Å²) in [6.07, 6.45) is 1.79. The second kappa shape index (κ2) is 5.02. The van der Waals surface area contributed by atoms with E-state index in [2.05, 4.69) is 9.97 Å². The number of aliphatic carboxylic acids is 1. The molecule has 3 aromatic rings. The molecule has 1 aromatic carbocycles. The number of carboxylic acids is 1. The highest BCUT2D eigenvalue weighted by atomic mass is 32.1. The van der Waals surface area contributed by atoms with Gasteiger partial charge in [0, 0.05) is 22.0 Å². The highest BCUT2D eigenvalue weighted by Gasteiger charge is 2.12. The van der Waals surface area contributed by atoms with Crippen LogP contribution >= 0.6 is 11.3 Å². The number of nitrogens with zero attached hydrogens (tertiary/aromatic N) is 2. The van der Waals surface area contributed by atoms with E-state index in [4.69, 9.17) is 5.11 Å². The molecule has 0 aliphatic heterocycles. The van der Waals surface area contributed by atoms with Gasteiger partial charge >= 0.3 is 5.97 Å². The largest absolute Gasteiger partial charge is 0.481 e. The van der Waals surface area contributed by atoms with Gasteiger partial charge in [0.15, 0.2) is 0 Å². The number of carbonyl (C=O) groups is 1. The Morgan fingerprint density at radius 1 is 1.35 bits per heavy atom. The predicted molar refractivity (Wildman–Crippen MR) is 78.9 cm³/mol. The Bertz CT molecular complexity index is 795. The molecule has 3 rings (SSSR count). The van der Waals surface area contributed by atoms with E-state index in [-0.39, 0.29) is 6.42 Å². The van der Waals surface area contributed by atoms with E-state index in [1.54, 1.807) is 6.20 Å². The first-order valence-electron chi connectivity index (χ1n) is 6.17. The number of hydrogen-bond donors (Lipinski definition) is 1. The summed E-state index contributed by atoms with van der Waals surface area (Å²) in [6.45, 7) is 1.85. The summed E-state index contributed by atoms with van der Waals surface area (Å²) in [5.41, 5.74) is 2.73. The van der Waals surface area contributed by atoms with Crippen molar-refractivity contribution >= 4 is 28.2 Å². The maximum Gasteiger partial charge on any atom is 0.308 e. The first-order valence-corrected chi connectivity index (χ1v) is 6.98. The van der Waals surface area contributed by atoms with Crippen molar-refractivity contribution in [2.24, 2.45) is 0 Å². The van der Waals surface area contributed by atoms with Crippen LogP contribution in [0.25, 0.3) is 21.5 Å². The molecule has 20 heavy (non-hydrogen) atoms. The molecular formula is C15H12N2O2S. The number of fused-ring (bicyclic) bond motifs is 1. The number of aryl methyl sites for hydroxylation is 1. The highest BCUT2D eigenvalue weighted by molar-refractivity contribution is 7.15. The fourth-order valence-corrected chi connectivity index (χ4v) is 3.11. The van der Waals surface area contributed by atoms with Gasteiger partial charge in [0.1, 0.15) is 5.01 Å². The van der Waals surface area contributed by atoms with E-state index < -0.39 is 5.97 Å². The smallest absolute Gasteiger partial charge is 0.308 e. The van der Waals surface area contributed by atoms with Gasteiger partial charge in [-0.25, -0.2) is 4.98 Å². The first kappa shape index (κ1) is 12.7. The third-order valence-electron chi connectivity index (χ3n) is 3.05. The third kappa shape index (κ3) is 2.40. The predicted octanol–water partition coefficient (Wildman–Crippen LogP) is 3.29. The molecule has 0 spiro atoms. The Hall–Kier alpha value is -2.27. The summed E-state index contributed by atoms with van der Waals surface area (Å²) in [7, 11) is 0. The summed E-state index contributed by atoms with van der Waals surface area (Å²) < 4.78 is 0. The van der Waals surface area contributed by atoms with Crippen LogP contribution in [0.4, 0.5) is 0 Å². The zero-order chi connectivity index (χ0) is 14.1. The SMILES string of the molecule is Cc1nc(-c2ccc3ncccc3c2)sc1CC(=O)O. The van der Waals surface area contributed by atoms with Gasteiger partial charge in [0.25, 0.3) is 0 Å². The number of aromatic nitrogens is 2. The highest BCUT2D eigenvalue weighted by Crippen LogP contribution is 2.30. The fourth-order valence-electron chi connectivity index (χ4n) is 2.06. The lowest BCUT2D eigenvalue weighted by Gasteiger charge is -1.99. The van der Waals surface area contributed by atoms with Crippen LogP contribution in [0.1, 0.15) is 10.6 Å². The molecule has 0 aliphatic carbocycles. The van der Waals surface area contributed by atoms with Crippen LogP contribution in [0.15, 0.2) is 36.5 Å². The van der Waals surface area contributed by atoms with Crippen molar-refractivity contribution in [1.82, 2.24) is 9.97 Å². The number of carboxylic acid groups (broad SMARTS) is 1. The van der Waals surface area contributed by atoms with Crippen LogP contribution in [0, 0.1) is 6.92 Å². The Morgan fingerprint density at radius 2 is 2.20 bits per heavy atom. The van der Waals surface area contributed by atoms with Gasteiger partial charge < -0.3 is 5.11 Å². The minimum absolute atomic E-state index is 0.0264. The lowest BCUT2D eigenvalue weighted by molar-refractivity contribution is -0.136. The number of rotatable bonds is 3. The first-order chi connectivity index (χ1) is 9.63. The van der Waals surface area contributed by atoms with Gasteiger partial charge in [0.2, 0.25) is 0 Å². The Kier molecular flexibility index (Phi) is 3.20.